The van der Waals surface area contributed by atoms with Crippen molar-refractivity contribution in [3.8, 4) is 0 Å². The van der Waals surface area contributed by atoms with Crippen LogP contribution in [0.2, 0.25) is 0 Å². The van der Waals surface area contributed by atoms with Crippen LogP contribution in [-0.4, -0.2) is 55.6 Å². The van der Waals surface area contributed by atoms with E-state index in [2.05, 4.69) is 10.0 Å². The summed E-state index contributed by atoms with van der Waals surface area (Å²) >= 11 is 0. The Balaban J connectivity index is 1.49. The van der Waals surface area contributed by atoms with Crippen molar-refractivity contribution in [3.05, 3.63) is 82.2 Å². The van der Waals surface area contributed by atoms with Gasteiger partial charge >= 0.3 is 0 Å². The first kappa shape index (κ1) is 21.7. The van der Waals surface area contributed by atoms with Crippen LogP contribution in [-0.2, 0) is 30.3 Å². The molecule has 0 spiro atoms. The van der Waals surface area contributed by atoms with Gasteiger partial charge in [0.25, 0.3) is 0 Å². The van der Waals surface area contributed by atoms with Gasteiger partial charge in [-0.05, 0) is 11.1 Å². The average Bonchev–Trinajstić information content (AvgIpc) is 2.82. The summed E-state index contributed by atoms with van der Waals surface area (Å²) in [6.45, 7) is 0.814. The number of nitrogens with zero attached hydrogens (tertiary/aromatic N) is 3. The second-order valence-electron chi connectivity index (χ2n) is 7.30. The second kappa shape index (κ2) is 10.7. The van der Waals surface area contributed by atoms with Crippen LogP contribution in [0.5, 0.6) is 0 Å². The number of aliphatic hydroxyl groups is 1. The third-order valence-corrected chi connectivity index (χ3v) is 5.20. The predicted molar refractivity (Wildman–Crippen MR) is 110 cm³/mol. The van der Waals surface area contributed by atoms with Gasteiger partial charge in [0.05, 0.1) is 19.8 Å². The quantitative estimate of drug-likeness (QED) is 0.300. The van der Waals surface area contributed by atoms with E-state index in [1.54, 1.807) is 0 Å². The topological polar surface area (TPSA) is 115 Å². The number of hydrogen-bond acceptors (Lipinski definition) is 7. The number of rotatable bonds is 8. The van der Waals surface area contributed by atoms with E-state index in [9.17, 15) is 5.11 Å². The van der Waals surface area contributed by atoms with Crippen LogP contribution in [0.25, 0.3) is 10.4 Å². The summed E-state index contributed by atoms with van der Waals surface area (Å²) in [5.41, 5.74) is 10.3. The van der Waals surface area contributed by atoms with E-state index in [4.69, 9.17) is 29.2 Å². The smallest absolute Gasteiger partial charge is 0.186 e. The van der Waals surface area contributed by atoms with Crippen molar-refractivity contribution in [2.45, 2.75) is 43.6 Å². The number of benzene rings is 2. The molecule has 2 heterocycles. The van der Waals surface area contributed by atoms with Gasteiger partial charge < -0.3 is 28.8 Å². The van der Waals surface area contributed by atoms with E-state index in [-0.39, 0.29) is 19.8 Å². The average molecular weight is 427 g/mol. The minimum absolute atomic E-state index is 0.114. The molecular formula is C22H25N3O6. The molecule has 0 aromatic heterocycles. The maximum atomic E-state index is 11.0. The molecule has 2 aliphatic rings. The SMILES string of the molecule is [N-]=[N+]=NCCO[C@@H]1O[C@@H]2COC(c3ccccc3)O[C@H]2[C@H](OCc2ccccc2)[C@@H]1O. The zero-order valence-corrected chi connectivity index (χ0v) is 16.9. The Morgan fingerprint density at radius 1 is 1.03 bits per heavy atom. The lowest BCUT2D eigenvalue weighted by Crippen LogP contribution is -2.63. The molecule has 9 heteroatoms. The van der Waals surface area contributed by atoms with E-state index in [1.807, 2.05) is 60.7 Å². The fourth-order valence-corrected chi connectivity index (χ4v) is 3.69. The highest BCUT2D eigenvalue weighted by Gasteiger charge is 2.50. The van der Waals surface area contributed by atoms with Crippen molar-refractivity contribution in [2.75, 3.05) is 19.8 Å². The van der Waals surface area contributed by atoms with Gasteiger partial charge in [-0.3, -0.25) is 0 Å². The third kappa shape index (κ3) is 5.41. The molecule has 4 rings (SSSR count). The molecule has 0 radical (unpaired) electrons. The molecule has 2 fully saturated rings. The van der Waals surface area contributed by atoms with Crippen LogP contribution in [0.4, 0.5) is 0 Å². The molecule has 9 nitrogen and oxygen atoms in total. The van der Waals surface area contributed by atoms with Crippen molar-refractivity contribution in [2.24, 2.45) is 5.11 Å². The summed E-state index contributed by atoms with van der Waals surface area (Å²) in [7, 11) is 0. The molecule has 6 atom stereocenters. The maximum Gasteiger partial charge on any atom is 0.186 e. The molecule has 2 aliphatic heterocycles. The monoisotopic (exact) mass is 427 g/mol. The van der Waals surface area contributed by atoms with E-state index >= 15 is 0 Å². The van der Waals surface area contributed by atoms with Crippen LogP contribution in [0.1, 0.15) is 17.4 Å². The minimum Gasteiger partial charge on any atom is -0.385 e. The lowest BCUT2D eigenvalue weighted by molar-refractivity contribution is -0.366. The van der Waals surface area contributed by atoms with Gasteiger partial charge in [-0.1, -0.05) is 65.8 Å². The van der Waals surface area contributed by atoms with E-state index in [0.717, 1.165) is 11.1 Å². The summed E-state index contributed by atoms with van der Waals surface area (Å²) < 4.78 is 29.7. The highest BCUT2D eigenvalue weighted by molar-refractivity contribution is 5.17. The van der Waals surface area contributed by atoms with E-state index in [0.29, 0.717) is 6.61 Å². The second-order valence-corrected chi connectivity index (χ2v) is 7.30. The van der Waals surface area contributed by atoms with Crippen LogP contribution in [0, 0.1) is 0 Å². The first-order valence-corrected chi connectivity index (χ1v) is 10.2. The van der Waals surface area contributed by atoms with E-state index < -0.39 is 37.0 Å². The standard InChI is InChI=1S/C22H25N3O6/c23-25-24-11-12-27-22-18(26)20(28-13-15-7-3-1-4-8-15)19-17(30-22)14-29-21(31-19)16-9-5-2-6-10-16/h1-10,17-22,26H,11-14H2/t17-,18+,19-,20-,21?,22-/m1/s1. The van der Waals surface area contributed by atoms with Gasteiger partial charge in [-0.25, -0.2) is 0 Å². The zero-order chi connectivity index (χ0) is 21.5. The van der Waals surface area contributed by atoms with Gasteiger partial charge in [0, 0.05) is 17.0 Å². The first-order valence-electron chi connectivity index (χ1n) is 10.2. The van der Waals surface area contributed by atoms with Crippen molar-refractivity contribution in [1.29, 1.82) is 0 Å². The largest absolute Gasteiger partial charge is 0.385 e. The zero-order valence-electron chi connectivity index (χ0n) is 16.9. The summed E-state index contributed by atoms with van der Waals surface area (Å²) in [5.74, 6) is 0. The Morgan fingerprint density at radius 2 is 1.77 bits per heavy atom. The summed E-state index contributed by atoms with van der Waals surface area (Å²) in [6, 6.07) is 19.3. The lowest BCUT2D eigenvalue weighted by atomic mass is 9.97. The summed E-state index contributed by atoms with van der Waals surface area (Å²) in [6.07, 6.45) is -4.34. The molecule has 0 amide bonds. The fraction of sp³-hybridized carbons (Fsp3) is 0.455. The Kier molecular flexibility index (Phi) is 7.50. The minimum atomic E-state index is -1.09. The molecule has 31 heavy (non-hydrogen) atoms. The van der Waals surface area contributed by atoms with Crippen LogP contribution >= 0.6 is 0 Å². The Labute approximate surface area is 180 Å². The van der Waals surface area contributed by atoms with Crippen LogP contribution in [0.15, 0.2) is 65.8 Å². The fourth-order valence-electron chi connectivity index (χ4n) is 3.69. The molecule has 0 saturated carbocycles. The highest BCUT2D eigenvalue weighted by atomic mass is 16.8. The number of aliphatic hydroxyl groups excluding tert-OH is 1. The molecule has 1 unspecified atom stereocenters. The lowest BCUT2D eigenvalue weighted by Gasteiger charge is -2.47. The summed E-state index contributed by atoms with van der Waals surface area (Å²) in [4.78, 5) is 2.70. The number of fused-ring (bicyclic) bond motifs is 1. The number of hydrogen-bond donors (Lipinski definition) is 1. The molecule has 0 aliphatic carbocycles. The Hall–Kier alpha value is -2.49. The molecule has 1 N–H and O–H groups in total. The van der Waals surface area contributed by atoms with E-state index in [1.165, 1.54) is 0 Å². The Morgan fingerprint density at radius 3 is 2.52 bits per heavy atom. The highest BCUT2D eigenvalue weighted by Crippen LogP contribution is 2.35. The molecule has 0 bridgehead atoms. The molecule has 2 aromatic rings. The van der Waals surface area contributed by atoms with Crippen LogP contribution < -0.4 is 0 Å². The molecule has 2 saturated heterocycles. The molecule has 2 aromatic carbocycles. The van der Waals surface area contributed by atoms with Gasteiger partial charge in [0.2, 0.25) is 0 Å². The van der Waals surface area contributed by atoms with Crippen molar-refractivity contribution < 1.29 is 28.8 Å². The Bertz CT molecular complexity index is 864. The van der Waals surface area contributed by atoms with Gasteiger partial charge in [0.15, 0.2) is 12.6 Å². The number of azide groups is 1. The van der Waals surface area contributed by atoms with Crippen LogP contribution in [0.3, 0.4) is 0 Å². The molecule has 164 valence electrons. The van der Waals surface area contributed by atoms with Gasteiger partial charge in [0.1, 0.15) is 24.4 Å². The summed E-state index contributed by atoms with van der Waals surface area (Å²) in [5, 5.41) is 14.4. The van der Waals surface area contributed by atoms with Crippen molar-refractivity contribution in [1.82, 2.24) is 0 Å². The third-order valence-electron chi connectivity index (χ3n) is 5.20. The normalized spacial score (nSPS) is 30.2. The van der Waals surface area contributed by atoms with Gasteiger partial charge in [-0.2, -0.15) is 0 Å². The molecular weight excluding hydrogens is 402 g/mol. The number of ether oxygens (including phenoxy) is 5. The maximum absolute atomic E-state index is 11.0. The van der Waals surface area contributed by atoms with Gasteiger partial charge in [-0.15, -0.1) is 0 Å². The van der Waals surface area contributed by atoms with Crippen molar-refractivity contribution in [3.63, 3.8) is 0 Å². The predicted octanol–water partition coefficient (Wildman–Crippen LogP) is 3.10. The first-order chi connectivity index (χ1) is 15.3. The van der Waals surface area contributed by atoms with Crippen molar-refractivity contribution >= 4 is 0 Å².